The average molecular weight is 118 g/mol. The number of hydrogen-bond acceptors (Lipinski definition) is 2. The molecule has 1 rings (SSSR count). The van der Waals surface area contributed by atoms with Gasteiger partial charge in [0.2, 0.25) is 5.67 Å². The molecule has 0 saturated carbocycles. The highest BCUT2D eigenvalue weighted by Crippen LogP contribution is 2.14. The van der Waals surface area contributed by atoms with Gasteiger partial charge in [0, 0.05) is 13.1 Å². The van der Waals surface area contributed by atoms with Crippen LogP contribution in [0, 0.1) is 0 Å². The number of carbonyl (C=O) groups is 1. The van der Waals surface area contributed by atoms with Crippen LogP contribution in [-0.4, -0.2) is 24.7 Å². The number of hydrogen-bond donors (Lipinski definition) is 2. The summed E-state index contributed by atoms with van der Waals surface area (Å²) in [7, 11) is 0. The Kier molecular flexibility index (Phi) is 0.973. The monoisotopic (exact) mass is 118 g/mol. The Morgan fingerprint density at radius 2 is 2.25 bits per heavy atom. The normalized spacial score (nSPS) is 24.1. The molecule has 8 heavy (non-hydrogen) atoms. The highest BCUT2D eigenvalue weighted by molar-refractivity contribution is 5.85. The zero-order valence-electron chi connectivity index (χ0n) is 4.28. The molecule has 3 nitrogen and oxygen atoms in total. The molecule has 0 aromatic carbocycles. The number of nitrogens with one attached hydrogen (secondary N) is 1. The maximum atomic E-state index is 12.5. The van der Waals surface area contributed by atoms with Gasteiger partial charge in [0.1, 0.15) is 0 Å². The summed E-state index contributed by atoms with van der Waals surface area (Å²) in [5.41, 5.74) is 2.93. The predicted molar refractivity (Wildman–Crippen MR) is 25.9 cm³/mol. The second-order valence-electron chi connectivity index (χ2n) is 1.93. The van der Waals surface area contributed by atoms with E-state index in [-0.39, 0.29) is 13.1 Å². The van der Waals surface area contributed by atoms with E-state index in [9.17, 15) is 9.18 Å². The van der Waals surface area contributed by atoms with E-state index < -0.39 is 11.6 Å². The lowest BCUT2D eigenvalue weighted by molar-refractivity contribution is -0.132. The van der Waals surface area contributed by atoms with Crippen molar-refractivity contribution in [3.8, 4) is 0 Å². The first-order valence-electron chi connectivity index (χ1n) is 2.35. The third kappa shape index (κ3) is 0.571. The number of alkyl halides is 1. The summed E-state index contributed by atoms with van der Waals surface area (Å²) < 4.78 is 12.5. The molecule has 1 aliphatic heterocycles. The van der Waals surface area contributed by atoms with Crippen LogP contribution in [0.2, 0.25) is 0 Å². The molecule has 0 unspecified atom stereocenters. The van der Waals surface area contributed by atoms with Crippen molar-refractivity contribution in [1.29, 1.82) is 0 Å². The van der Waals surface area contributed by atoms with Gasteiger partial charge in [-0.05, 0) is 0 Å². The summed E-state index contributed by atoms with van der Waals surface area (Å²) in [6.07, 6.45) is 0. The van der Waals surface area contributed by atoms with E-state index in [1.807, 2.05) is 0 Å². The molecular weight excluding hydrogens is 111 g/mol. The average Bonchev–Trinajstić information content (AvgIpc) is 1.60. The van der Waals surface area contributed by atoms with Crippen molar-refractivity contribution in [3.63, 3.8) is 0 Å². The fraction of sp³-hybridized carbons (Fsp3) is 0.750. The van der Waals surface area contributed by atoms with Crippen molar-refractivity contribution in [2.24, 2.45) is 5.73 Å². The largest absolute Gasteiger partial charge is 0.367 e. The molecule has 0 radical (unpaired) electrons. The minimum atomic E-state index is -1.75. The molecule has 0 aliphatic carbocycles. The SMILES string of the molecule is NC(=O)C1(F)CNC1. The Bertz CT molecular complexity index is 121. The second kappa shape index (κ2) is 1.42. The van der Waals surface area contributed by atoms with Crippen LogP contribution in [0.1, 0.15) is 0 Å². The minimum Gasteiger partial charge on any atom is -0.367 e. The molecular formula is C4H7FN2O. The molecule has 46 valence electrons. The molecule has 0 atom stereocenters. The van der Waals surface area contributed by atoms with Crippen LogP contribution in [0.5, 0.6) is 0 Å². The zero-order valence-corrected chi connectivity index (χ0v) is 4.28. The van der Waals surface area contributed by atoms with Gasteiger partial charge in [-0.1, -0.05) is 0 Å². The Labute approximate surface area is 46.0 Å². The summed E-state index contributed by atoms with van der Waals surface area (Å²) in [5, 5.41) is 2.61. The van der Waals surface area contributed by atoms with Crippen molar-refractivity contribution in [1.82, 2.24) is 5.32 Å². The first kappa shape index (κ1) is 5.50. The van der Waals surface area contributed by atoms with Gasteiger partial charge in [0.05, 0.1) is 0 Å². The van der Waals surface area contributed by atoms with Gasteiger partial charge in [-0.25, -0.2) is 4.39 Å². The fourth-order valence-electron chi connectivity index (χ4n) is 0.519. The lowest BCUT2D eigenvalue weighted by Crippen LogP contribution is -2.63. The Balaban J connectivity index is 2.53. The van der Waals surface area contributed by atoms with Crippen molar-refractivity contribution in [2.45, 2.75) is 5.67 Å². The number of rotatable bonds is 1. The van der Waals surface area contributed by atoms with Gasteiger partial charge in [0.15, 0.2) is 0 Å². The lowest BCUT2D eigenvalue weighted by Gasteiger charge is -2.31. The van der Waals surface area contributed by atoms with E-state index in [4.69, 9.17) is 0 Å². The Morgan fingerprint density at radius 1 is 1.75 bits per heavy atom. The van der Waals surface area contributed by atoms with Crippen LogP contribution in [0.3, 0.4) is 0 Å². The standard InChI is InChI=1S/C4H7FN2O/c5-4(3(6)8)1-7-2-4/h7H,1-2H2,(H2,6,8). The molecule has 3 N–H and O–H groups in total. The molecule has 1 aliphatic rings. The van der Waals surface area contributed by atoms with Crippen LogP contribution in [0.15, 0.2) is 0 Å². The molecule has 0 aromatic heterocycles. The summed E-state index contributed by atoms with van der Waals surface area (Å²) in [4.78, 5) is 10.1. The zero-order chi connectivity index (χ0) is 6.20. The highest BCUT2D eigenvalue weighted by atomic mass is 19.1. The van der Waals surface area contributed by atoms with Crippen LogP contribution in [0.25, 0.3) is 0 Å². The maximum Gasteiger partial charge on any atom is 0.257 e. The van der Waals surface area contributed by atoms with Crippen LogP contribution in [-0.2, 0) is 4.79 Å². The van der Waals surface area contributed by atoms with Crippen molar-refractivity contribution < 1.29 is 9.18 Å². The van der Waals surface area contributed by atoms with Gasteiger partial charge in [-0.15, -0.1) is 0 Å². The van der Waals surface area contributed by atoms with E-state index in [1.165, 1.54) is 0 Å². The summed E-state index contributed by atoms with van der Waals surface area (Å²) in [6.45, 7) is 0.144. The molecule has 1 heterocycles. The number of amides is 1. The molecule has 1 saturated heterocycles. The Morgan fingerprint density at radius 3 is 2.25 bits per heavy atom. The fourth-order valence-corrected chi connectivity index (χ4v) is 0.519. The first-order valence-corrected chi connectivity index (χ1v) is 2.35. The van der Waals surface area contributed by atoms with Crippen LogP contribution in [0.4, 0.5) is 4.39 Å². The van der Waals surface area contributed by atoms with Gasteiger partial charge in [-0.3, -0.25) is 4.79 Å². The molecule has 1 fully saturated rings. The minimum absolute atomic E-state index is 0.0718. The van der Waals surface area contributed by atoms with Gasteiger partial charge < -0.3 is 11.1 Å². The number of nitrogens with two attached hydrogens (primary N) is 1. The number of halogens is 1. The quantitative estimate of drug-likeness (QED) is 0.453. The van der Waals surface area contributed by atoms with Crippen LogP contribution < -0.4 is 11.1 Å². The predicted octanol–water partition coefficient (Wildman–Crippen LogP) is -1.22. The van der Waals surface area contributed by atoms with Crippen LogP contribution >= 0.6 is 0 Å². The van der Waals surface area contributed by atoms with Crippen molar-refractivity contribution in [3.05, 3.63) is 0 Å². The molecule has 1 amide bonds. The second-order valence-corrected chi connectivity index (χ2v) is 1.93. The smallest absolute Gasteiger partial charge is 0.257 e. The summed E-state index contributed by atoms with van der Waals surface area (Å²) in [6, 6.07) is 0. The van der Waals surface area contributed by atoms with E-state index in [0.29, 0.717) is 0 Å². The third-order valence-corrected chi connectivity index (χ3v) is 1.25. The maximum absolute atomic E-state index is 12.5. The topological polar surface area (TPSA) is 55.1 Å². The van der Waals surface area contributed by atoms with Crippen molar-refractivity contribution in [2.75, 3.05) is 13.1 Å². The lowest BCUT2D eigenvalue weighted by atomic mass is 9.99. The van der Waals surface area contributed by atoms with Gasteiger partial charge >= 0.3 is 0 Å². The Hall–Kier alpha value is -0.640. The van der Waals surface area contributed by atoms with E-state index in [1.54, 1.807) is 0 Å². The first-order chi connectivity index (χ1) is 3.65. The molecule has 0 bridgehead atoms. The van der Waals surface area contributed by atoms with E-state index in [2.05, 4.69) is 11.1 Å². The van der Waals surface area contributed by atoms with Gasteiger partial charge in [-0.2, -0.15) is 0 Å². The van der Waals surface area contributed by atoms with Crippen molar-refractivity contribution >= 4 is 5.91 Å². The number of carbonyl (C=O) groups excluding carboxylic acids is 1. The summed E-state index contributed by atoms with van der Waals surface area (Å²) in [5.74, 6) is -0.865. The highest BCUT2D eigenvalue weighted by Gasteiger charge is 2.42. The molecule has 0 spiro atoms. The van der Waals surface area contributed by atoms with E-state index in [0.717, 1.165) is 0 Å². The molecule has 4 heteroatoms. The van der Waals surface area contributed by atoms with Gasteiger partial charge in [0.25, 0.3) is 5.91 Å². The number of primary amides is 1. The van der Waals surface area contributed by atoms with E-state index >= 15 is 0 Å². The summed E-state index contributed by atoms with van der Waals surface area (Å²) >= 11 is 0. The third-order valence-electron chi connectivity index (χ3n) is 1.25. The molecule has 0 aromatic rings.